The standard InChI is InChI=1S/C16H16ClF3N2O/c1-2-3-4-5-8-22-10-14(23)21-13-7-6-11(17)9-12(13)15(22)16(18,19)20/h6-7,9,15H,2-3,8,10H2,1H3,(H,21,23). The highest BCUT2D eigenvalue weighted by molar-refractivity contribution is 6.30. The van der Waals surface area contributed by atoms with Gasteiger partial charge in [0.25, 0.3) is 0 Å². The van der Waals surface area contributed by atoms with E-state index >= 15 is 0 Å². The van der Waals surface area contributed by atoms with Crippen molar-refractivity contribution in [1.29, 1.82) is 0 Å². The Kier molecular flexibility index (Phi) is 5.55. The monoisotopic (exact) mass is 344 g/mol. The third kappa shape index (κ3) is 4.40. The molecule has 2 rings (SSSR count). The molecule has 3 nitrogen and oxygen atoms in total. The number of halogens is 4. The van der Waals surface area contributed by atoms with E-state index in [0.717, 1.165) is 11.3 Å². The molecule has 0 aromatic heterocycles. The summed E-state index contributed by atoms with van der Waals surface area (Å²) in [5.74, 6) is 5.02. The average Bonchev–Trinajstić information content (AvgIpc) is 2.58. The van der Waals surface area contributed by atoms with Gasteiger partial charge in [0.2, 0.25) is 5.91 Å². The highest BCUT2D eigenvalue weighted by Gasteiger charge is 2.47. The fourth-order valence-electron chi connectivity index (χ4n) is 2.44. The molecule has 124 valence electrons. The van der Waals surface area contributed by atoms with Crippen LogP contribution in [0.1, 0.15) is 31.4 Å². The lowest BCUT2D eigenvalue weighted by molar-refractivity contribution is -0.184. The van der Waals surface area contributed by atoms with Crippen LogP contribution in [0.15, 0.2) is 18.2 Å². The van der Waals surface area contributed by atoms with Gasteiger partial charge in [-0.3, -0.25) is 9.69 Å². The van der Waals surface area contributed by atoms with Gasteiger partial charge >= 0.3 is 6.18 Å². The minimum absolute atomic E-state index is 0.0619. The van der Waals surface area contributed by atoms with Gasteiger partial charge < -0.3 is 5.32 Å². The Labute approximate surface area is 137 Å². The molecule has 1 unspecified atom stereocenters. The van der Waals surface area contributed by atoms with E-state index in [0.29, 0.717) is 6.42 Å². The zero-order valence-electron chi connectivity index (χ0n) is 12.5. The molecule has 1 aromatic rings. The Morgan fingerprint density at radius 1 is 1.39 bits per heavy atom. The van der Waals surface area contributed by atoms with E-state index < -0.39 is 18.1 Å². The van der Waals surface area contributed by atoms with Crippen molar-refractivity contribution in [3.05, 3.63) is 28.8 Å². The summed E-state index contributed by atoms with van der Waals surface area (Å²) in [6, 6.07) is 2.16. The molecule has 0 aliphatic carbocycles. The van der Waals surface area contributed by atoms with E-state index in [1.807, 2.05) is 6.92 Å². The molecule has 1 aliphatic heterocycles. The van der Waals surface area contributed by atoms with Gasteiger partial charge in [0.15, 0.2) is 0 Å². The first-order chi connectivity index (χ1) is 10.8. The molecule has 1 heterocycles. The Bertz CT molecular complexity index is 649. The van der Waals surface area contributed by atoms with Gasteiger partial charge in [0, 0.05) is 22.7 Å². The molecule has 0 bridgehead atoms. The Morgan fingerprint density at radius 3 is 2.78 bits per heavy atom. The Morgan fingerprint density at radius 2 is 2.13 bits per heavy atom. The molecule has 1 atom stereocenters. The number of hydrogen-bond acceptors (Lipinski definition) is 2. The second-order valence-electron chi connectivity index (χ2n) is 5.23. The van der Waals surface area contributed by atoms with Crippen LogP contribution in [0.25, 0.3) is 0 Å². The number of nitrogens with one attached hydrogen (secondary N) is 1. The van der Waals surface area contributed by atoms with Crippen molar-refractivity contribution < 1.29 is 18.0 Å². The molecular weight excluding hydrogens is 329 g/mol. The molecule has 7 heteroatoms. The molecule has 1 amide bonds. The van der Waals surface area contributed by atoms with Gasteiger partial charge in [-0.15, -0.1) is 5.92 Å². The zero-order chi connectivity index (χ0) is 17.0. The Balaban J connectivity index is 2.44. The minimum Gasteiger partial charge on any atom is -0.325 e. The summed E-state index contributed by atoms with van der Waals surface area (Å²) in [5.41, 5.74) is 0.0684. The summed E-state index contributed by atoms with van der Waals surface area (Å²) in [4.78, 5) is 12.9. The van der Waals surface area contributed by atoms with Crippen LogP contribution in [-0.4, -0.2) is 30.1 Å². The van der Waals surface area contributed by atoms with Crippen LogP contribution < -0.4 is 5.32 Å². The van der Waals surface area contributed by atoms with Crippen molar-refractivity contribution >= 4 is 23.2 Å². The number of hydrogen-bond donors (Lipinski definition) is 1. The number of benzene rings is 1. The summed E-state index contributed by atoms with van der Waals surface area (Å²) in [6.45, 7) is 1.42. The normalized spacial score (nSPS) is 18.5. The Hall–Kier alpha value is -1.71. The first-order valence-electron chi connectivity index (χ1n) is 7.18. The molecular formula is C16H16ClF3N2O. The number of fused-ring (bicyclic) bond motifs is 1. The molecule has 1 aromatic carbocycles. The van der Waals surface area contributed by atoms with Gasteiger partial charge in [-0.25, -0.2) is 0 Å². The number of nitrogens with zero attached hydrogens (tertiary/aromatic N) is 1. The second kappa shape index (κ2) is 7.24. The predicted octanol–water partition coefficient (Wildman–Crippen LogP) is 4.00. The van der Waals surface area contributed by atoms with Crippen LogP contribution in [-0.2, 0) is 4.79 Å². The van der Waals surface area contributed by atoms with E-state index in [-0.39, 0.29) is 29.4 Å². The number of unbranched alkanes of at least 4 members (excludes halogenated alkanes) is 1. The van der Waals surface area contributed by atoms with Gasteiger partial charge in [0.05, 0.1) is 13.1 Å². The van der Waals surface area contributed by atoms with Crippen molar-refractivity contribution in [3.63, 3.8) is 0 Å². The highest BCUT2D eigenvalue weighted by Crippen LogP contribution is 2.42. The summed E-state index contributed by atoms with van der Waals surface area (Å²) >= 11 is 5.85. The quantitative estimate of drug-likeness (QED) is 0.822. The topological polar surface area (TPSA) is 32.3 Å². The molecule has 23 heavy (non-hydrogen) atoms. The fourth-order valence-corrected chi connectivity index (χ4v) is 2.62. The van der Waals surface area contributed by atoms with E-state index in [1.54, 1.807) is 0 Å². The molecule has 0 fully saturated rings. The number of carbonyl (C=O) groups excluding carboxylic acids is 1. The lowest BCUT2D eigenvalue weighted by Crippen LogP contribution is -2.40. The molecule has 0 saturated heterocycles. The number of amides is 1. The minimum atomic E-state index is -4.54. The van der Waals surface area contributed by atoms with Crippen LogP contribution in [0, 0.1) is 11.8 Å². The van der Waals surface area contributed by atoms with Crippen LogP contribution >= 0.6 is 11.6 Å². The average molecular weight is 345 g/mol. The van der Waals surface area contributed by atoms with Crippen LogP contribution in [0.5, 0.6) is 0 Å². The first-order valence-corrected chi connectivity index (χ1v) is 7.56. The van der Waals surface area contributed by atoms with Crippen molar-refractivity contribution in [3.8, 4) is 11.8 Å². The molecule has 1 N–H and O–H groups in total. The lowest BCUT2D eigenvalue weighted by Gasteiger charge is -2.30. The van der Waals surface area contributed by atoms with Crippen LogP contribution in [0.2, 0.25) is 5.02 Å². The fraction of sp³-hybridized carbons (Fsp3) is 0.438. The summed E-state index contributed by atoms with van der Waals surface area (Å²) in [5, 5.41) is 2.68. The largest absolute Gasteiger partial charge is 0.408 e. The maximum Gasteiger partial charge on any atom is 0.408 e. The van der Waals surface area contributed by atoms with Gasteiger partial charge in [-0.2, -0.15) is 13.2 Å². The van der Waals surface area contributed by atoms with Crippen LogP contribution in [0.3, 0.4) is 0 Å². The second-order valence-corrected chi connectivity index (χ2v) is 5.67. The predicted molar refractivity (Wildman–Crippen MR) is 83.1 cm³/mol. The molecule has 1 aliphatic rings. The number of anilines is 1. The third-order valence-electron chi connectivity index (χ3n) is 3.39. The first kappa shape index (κ1) is 17.6. The number of alkyl halides is 3. The van der Waals surface area contributed by atoms with Crippen molar-refractivity contribution in [2.75, 3.05) is 18.4 Å². The maximum atomic E-state index is 13.6. The summed E-state index contributed by atoms with van der Waals surface area (Å²) in [7, 11) is 0. The van der Waals surface area contributed by atoms with Crippen molar-refractivity contribution in [2.24, 2.45) is 0 Å². The highest BCUT2D eigenvalue weighted by atomic mass is 35.5. The van der Waals surface area contributed by atoms with Crippen LogP contribution in [0.4, 0.5) is 18.9 Å². The van der Waals surface area contributed by atoms with Crippen molar-refractivity contribution in [1.82, 2.24) is 4.90 Å². The summed E-state index contributed by atoms with van der Waals surface area (Å²) < 4.78 is 40.8. The molecule has 0 spiro atoms. The SMILES string of the molecule is CCCC#CCN1CC(=O)Nc2ccc(Cl)cc2C1C(F)(F)F. The maximum absolute atomic E-state index is 13.6. The third-order valence-corrected chi connectivity index (χ3v) is 3.62. The lowest BCUT2D eigenvalue weighted by atomic mass is 10.0. The van der Waals surface area contributed by atoms with Gasteiger partial charge in [-0.05, 0) is 24.6 Å². The van der Waals surface area contributed by atoms with Crippen molar-refractivity contribution in [2.45, 2.75) is 32.0 Å². The molecule has 0 saturated carbocycles. The van der Waals surface area contributed by atoms with Gasteiger partial charge in [0.1, 0.15) is 6.04 Å². The van der Waals surface area contributed by atoms with Gasteiger partial charge in [-0.1, -0.05) is 24.4 Å². The molecule has 0 radical (unpaired) electrons. The zero-order valence-corrected chi connectivity index (χ0v) is 13.3. The smallest absolute Gasteiger partial charge is 0.325 e. The number of rotatable bonds is 2. The summed E-state index contributed by atoms with van der Waals surface area (Å²) in [6.07, 6.45) is -3.11. The van der Waals surface area contributed by atoms with E-state index in [4.69, 9.17) is 11.6 Å². The number of carbonyl (C=O) groups is 1. The van der Waals surface area contributed by atoms with E-state index in [9.17, 15) is 18.0 Å². The van der Waals surface area contributed by atoms with E-state index in [1.165, 1.54) is 18.2 Å². The van der Waals surface area contributed by atoms with E-state index in [2.05, 4.69) is 17.2 Å².